The zero-order valence-electron chi connectivity index (χ0n) is 7.83. The molecular formula is C12H14O. The van der Waals surface area contributed by atoms with Crippen LogP contribution in [0.3, 0.4) is 0 Å². The fourth-order valence-electron chi connectivity index (χ4n) is 1.86. The van der Waals surface area contributed by atoms with E-state index in [0.717, 1.165) is 18.4 Å². The highest BCUT2D eigenvalue weighted by Crippen LogP contribution is 2.26. The number of rotatable bonds is 1. The molecule has 0 fully saturated rings. The third kappa shape index (κ3) is 1.52. The average molecular weight is 174 g/mol. The topological polar surface area (TPSA) is 20.2 Å². The van der Waals surface area contributed by atoms with Crippen molar-refractivity contribution in [1.82, 2.24) is 0 Å². The summed E-state index contributed by atoms with van der Waals surface area (Å²) >= 11 is 0. The number of hydrogen-bond donors (Lipinski definition) is 1. The van der Waals surface area contributed by atoms with Crippen molar-refractivity contribution in [3.05, 3.63) is 41.0 Å². The summed E-state index contributed by atoms with van der Waals surface area (Å²) in [4.78, 5) is 0. The van der Waals surface area contributed by atoms with Crippen LogP contribution in [0.1, 0.15) is 36.1 Å². The molecule has 1 nitrogen and oxygen atoms in total. The standard InChI is InChI=1S/C12H14O/c1-9(13)11-8-4-6-10-5-2-3-7-12(10)11/h3-4,6-9,13H,2,5H2,1H3/t9-/m0/s1. The Labute approximate surface area is 78.7 Å². The van der Waals surface area contributed by atoms with Crippen LogP contribution in [0, 0.1) is 0 Å². The van der Waals surface area contributed by atoms with Crippen LogP contribution < -0.4 is 0 Å². The van der Waals surface area contributed by atoms with Gasteiger partial charge in [-0.2, -0.15) is 0 Å². The predicted octanol–water partition coefficient (Wildman–Crippen LogP) is 2.70. The van der Waals surface area contributed by atoms with Crippen LogP contribution in [0.2, 0.25) is 0 Å². The SMILES string of the molecule is C[C@H](O)c1cccc2c1C=CCC2. The summed E-state index contributed by atoms with van der Waals surface area (Å²) in [6.45, 7) is 1.82. The number of aryl methyl sites for hydroxylation is 1. The Hall–Kier alpha value is -1.08. The molecule has 0 saturated carbocycles. The van der Waals surface area contributed by atoms with Gasteiger partial charge in [0.15, 0.2) is 0 Å². The molecule has 0 bridgehead atoms. The minimum Gasteiger partial charge on any atom is -0.389 e. The van der Waals surface area contributed by atoms with E-state index in [1.807, 2.05) is 19.1 Å². The highest BCUT2D eigenvalue weighted by molar-refractivity contribution is 5.60. The molecule has 1 aromatic rings. The van der Waals surface area contributed by atoms with Gasteiger partial charge in [0.25, 0.3) is 0 Å². The van der Waals surface area contributed by atoms with Crippen molar-refractivity contribution >= 4 is 6.08 Å². The van der Waals surface area contributed by atoms with Crippen molar-refractivity contribution in [3.8, 4) is 0 Å². The number of fused-ring (bicyclic) bond motifs is 1. The fraction of sp³-hybridized carbons (Fsp3) is 0.333. The Balaban J connectivity index is 2.54. The molecule has 0 unspecified atom stereocenters. The Kier molecular flexibility index (Phi) is 2.19. The van der Waals surface area contributed by atoms with E-state index in [1.54, 1.807) is 0 Å². The molecule has 1 atom stereocenters. The van der Waals surface area contributed by atoms with Crippen molar-refractivity contribution in [1.29, 1.82) is 0 Å². The van der Waals surface area contributed by atoms with Gasteiger partial charge in [0.2, 0.25) is 0 Å². The largest absolute Gasteiger partial charge is 0.389 e. The molecule has 13 heavy (non-hydrogen) atoms. The molecule has 1 aliphatic rings. The van der Waals surface area contributed by atoms with Gasteiger partial charge in [-0.15, -0.1) is 0 Å². The zero-order valence-corrected chi connectivity index (χ0v) is 7.83. The van der Waals surface area contributed by atoms with Crippen molar-refractivity contribution in [2.75, 3.05) is 0 Å². The molecule has 2 rings (SSSR count). The van der Waals surface area contributed by atoms with Crippen LogP contribution in [0.25, 0.3) is 6.08 Å². The quantitative estimate of drug-likeness (QED) is 0.694. The molecular weight excluding hydrogens is 160 g/mol. The van der Waals surface area contributed by atoms with Crippen molar-refractivity contribution in [3.63, 3.8) is 0 Å². The van der Waals surface area contributed by atoms with Crippen LogP contribution in [-0.4, -0.2) is 5.11 Å². The van der Waals surface area contributed by atoms with Crippen LogP contribution in [0.5, 0.6) is 0 Å². The Morgan fingerprint density at radius 2 is 2.23 bits per heavy atom. The first-order valence-corrected chi connectivity index (χ1v) is 4.75. The van der Waals surface area contributed by atoms with E-state index in [2.05, 4.69) is 18.2 Å². The van der Waals surface area contributed by atoms with Crippen molar-refractivity contribution < 1.29 is 5.11 Å². The summed E-state index contributed by atoms with van der Waals surface area (Å²) in [6, 6.07) is 6.17. The third-order valence-corrected chi connectivity index (χ3v) is 2.55. The maximum Gasteiger partial charge on any atom is 0.0767 e. The second-order valence-electron chi connectivity index (χ2n) is 3.54. The number of aliphatic hydroxyl groups is 1. The van der Waals surface area contributed by atoms with Gasteiger partial charge >= 0.3 is 0 Å². The molecule has 1 aliphatic carbocycles. The lowest BCUT2D eigenvalue weighted by molar-refractivity contribution is 0.199. The summed E-state index contributed by atoms with van der Waals surface area (Å²) in [7, 11) is 0. The minimum atomic E-state index is -0.363. The van der Waals surface area contributed by atoms with Crippen molar-refractivity contribution in [2.45, 2.75) is 25.9 Å². The lowest BCUT2D eigenvalue weighted by atomic mass is 9.91. The summed E-state index contributed by atoms with van der Waals surface area (Å²) < 4.78 is 0. The Morgan fingerprint density at radius 3 is 3.00 bits per heavy atom. The summed E-state index contributed by atoms with van der Waals surface area (Å²) in [5.74, 6) is 0. The molecule has 0 saturated heterocycles. The van der Waals surface area contributed by atoms with Gasteiger partial charge < -0.3 is 5.11 Å². The number of hydrogen-bond acceptors (Lipinski definition) is 1. The van der Waals surface area contributed by atoms with Gasteiger partial charge in [-0.1, -0.05) is 30.4 Å². The fourth-order valence-corrected chi connectivity index (χ4v) is 1.86. The van der Waals surface area contributed by atoms with Gasteiger partial charge in [0, 0.05) is 0 Å². The molecule has 0 aromatic heterocycles. The number of benzene rings is 1. The maximum atomic E-state index is 9.55. The smallest absolute Gasteiger partial charge is 0.0767 e. The van der Waals surface area contributed by atoms with E-state index in [4.69, 9.17) is 0 Å². The van der Waals surface area contributed by atoms with Gasteiger partial charge in [-0.3, -0.25) is 0 Å². The molecule has 0 radical (unpaired) electrons. The average Bonchev–Trinajstić information content (AvgIpc) is 2.17. The van der Waals surface area contributed by atoms with E-state index in [1.165, 1.54) is 11.1 Å². The van der Waals surface area contributed by atoms with E-state index < -0.39 is 0 Å². The molecule has 0 heterocycles. The lowest BCUT2D eigenvalue weighted by Crippen LogP contribution is -2.01. The summed E-state index contributed by atoms with van der Waals surface area (Å²) in [5, 5.41) is 9.55. The predicted molar refractivity (Wildman–Crippen MR) is 54.4 cm³/mol. The van der Waals surface area contributed by atoms with Crippen LogP contribution in [0.15, 0.2) is 24.3 Å². The van der Waals surface area contributed by atoms with E-state index in [-0.39, 0.29) is 6.10 Å². The zero-order chi connectivity index (χ0) is 9.26. The van der Waals surface area contributed by atoms with Gasteiger partial charge in [-0.25, -0.2) is 0 Å². The second kappa shape index (κ2) is 3.35. The van der Waals surface area contributed by atoms with Gasteiger partial charge in [0.05, 0.1) is 6.10 Å². The van der Waals surface area contributed by atoms with E-state index >= 15 is 0 Å². The number of aliphatic hydroxyl groups excluding tert-OH is 1. The van der Waals surface area contributed by atoms with Crippen LogP contribution in [0.4, 0.5) is 0 Å². The van der Waals surface area contributed by atoms with E-state index in [9.17, 15) is 5.11 Å². The molecule has 0 spiro atoms. The third-order valence-electron chi connectivity index (χ3n) is 2.55. The second-order valence-corrected chi connectivity index (χ2v) is 3.54. The molecule has 0 amide bonds. The van der Waals surface area contributed by atoms with Crippen LogP contribution in [-0.2, 0) is 6.42 Å². The first-order chi connectivity index (χ1) is 6.29. The first kappa shape index (κ1) is 8.52. The Bertz CT molecular complexity index is 337. The van der Waals surface area contributed by atoms with Gasteiger partial charge in [0.1, 0.15) is 0 Å². The molecule has 0 aliphatic heterocycles. The number of allylic oxidation sites excluding steroid dienone is 1. The molecule has 68 valence electrons. The summed E-state index contributed by atoms with van der Waals surface area (Å²) in [6.07, 6.45) is 6.16. The van der Waals surface area contributed by atoms with Gasteiger partial charge in [-0.05, 0) is 36.5 Å². The van der Waals surface area contributed by atoms with Crippen LogP contribution >= 0.6 is 0 Å². The van der Waals surface area contributed by atoms with Crippen molar-refractivity contribution in [2.24, 2.45) is 0 Å². The first-order valence-electron chi connectivity index (χ1n) is 4.75. The van der Waals surface area contributed by atoms with E-state index in [0.29, 0.717) is 0 Å². The molecule has 1 aromatic carbocycles. The highest BCUT2D eigenvalue weighted by atomic mass is 16.3. The summed E-state index contributed by atoms with van der Waals surface area (Å²) in [5.41, 5.74) is 3.64. The monoisotopic (exact) mass is 174 g/mol. The maximum absolute atomic E-state index is 9.55. The molecule has 1 heteroatoms. The lowest BCUT2D eigenvalue weighted by Gasteiger charge is -2.16. The Morgan fingerprint density at radius 1 is 1.38 bits per heavy atom. The highest BCUT2D eigenvalue weighted by Gasteiger charge is 2.11. The normalized spacial score (nSPS) is 16.8. The minimum absolute atomic E-state index is 0.363. The molecule has 1 N–H and O–H groups in total.